The number of nitrogens with zero attached hydrogens (tertiary/aromatic N) is 2. The number of aromatic amines is 1. The highest BCUT2D eigenvalue weighted by Crippen LogP contribution is 2.21. The summed E-state index contributed by atoms with van der Waals surface area (Å²) < 4.78 is 45.3. The third-order valence-electron chi connectivity index (χ3n) is 3.61. The van der Waals surface area contributed by atoms with Gasteiger partial charge in [0.2, 0.25) is 11.1 Å². The second kappa shape index (κ2) is 8.79. The lowest BCUT2D eigenvalue weighted by Gasteiger charge is -2.06. The van der Waals surface area contributed by atoms with Crippen LogP contribution in [0.15, 0.2) is 41.6 Å². The van der Waals surface area contributed by atoms with E-state index < -0.39 is 29.0 Å². The molecule has 146 valence electrons. The van der Waals surface area contributed by atoms with Gasteiger partial charge in [0.05, 0.1) is 11.4 Å². The highest BCUT2D eigenvalue weighted by molar-refractivity contribution is 7.99. The number of hydrogen-bond acceptors (Lipinski definition) is 5. The Morgan fingerprint density at radius 3 is 2.75 bits per heavy atom. The van der Waals surface area contributed by atoms with Gasteiger partial charge in [0, 0.05) is 0 Å². The molecule has 1 heterocycles. The second-order valence-electron chi connectivity index (χ2n) is 5.68. The molecule has 0 spiro atoms. The minimum absolute atomic E-state index is 0.144. The quantitative estimate of drug-likeness (QED) is 0.459. The minimum atomic E-state index is -1.64. The molecule has 0 unspecified atom stereocenters. The van der Waals surface area contributed by atoms with E-state index in [0.29, 0.717) is 11.0 Å². The number of anilines is 1. The van der Waals surface area contributed by atoms with Crippen molar-refractivity contribution < 1.29 is 22.7 Å². The fourth-order valence-electron chi connectivity index (χ4n) is 2.21. The van der Waals surface area contributed by atoms with Gasteiger partial charge in [0.1, 0.15) is 12.4 Å². The van der Waals surface area contributed by atoms with Crippen molar-refractivity contribution in [3.05, 3.63) is 65.2 Å². The Hall–Kier alpha value is -3.01. The van der Waals surface area contributed by atoms with Crippen LogP contribution < -0.4 is 10.1 Å². The van der Waals surface area contributed by atoms with Crippen LogP contribution in [-0.4, -0.2) is 26.8 Å². The smallest absolute Gasteiger partial charge is 0.234 e. The molecule has 2 N–H and O–H groups in total. The first kappa shape index (κ1) is 19.7. The summed E-state index contributed by atoms with van der Waals surface area (Å²) in [6.45, 7) is 2.09. The molecule has 3 aromatic rings. The molecule has 3 rings (SSSR count). The summed E-state index contributed by atoms with van der Waals surface area (Å²) in [5.41, 5.74) is 0.546. The fraction of sp³-hybridized carbons (Fsp3) is 0.167. The van der Waals surface area contributed by atoms with E-state index in [2.05, 4.69) is 20.5 Å². The van der Waals surface area contributed by atoms with E-state index in [1.165, 1.54) is 0 Å². The van der Waals surface area contributed by atoms with Crippen LogP contribution >= 0.6 is 11.8 Å². The molecule has 0 saturated heterocycles. The highest BCUT2D eigenvalue weighted by Gasteiger charge is 2.16. The molecule has 0 radical (unpaired) electrons. The summed E-state index contributed by atoms with van der Waals surface area (Å²) >= 11 is 0.995. The van der Waals surface area contributed by atoms with Gasteiger partial charge >= 0.3 is 0 Å². The number of hydrogen-bond donors (Lipinski definition) is 2. The molecule has 1 amide bonds. The minimum Gasteiger partial charge on any atom is -0.485 e. The highest BCUT2D eigenvalue weighted by atomic mass is 32.2. The largest absolute Gasteiger partial charge is 0.485 e. The van der Waals surface area contributed by atoms with E-state index in [1.807, 2.05) is 31.2 Å². The molecule has 0 saturated carbocycles. The van der Waals surface area contributed by atoms with Crippen LogP contribution in [0.5, 0.6) is 5.75 Å². The zero-order valence-corrected chi connectivity index (χ0v) is 15.4. The molecule has 0 aliphatic heterocycles. The van der Waals surface area contributed by atoms with E-state index in [-0.39, 0.29) is 12.4 Å². The summed E-state index contributed by atoms with van der Waals surface area (Å²) in [4.78, 5) is 16.1. The van der Waals surface area contributed by atoms with E-state index in [4.69, 9.17) is 4.74 Å². The SMILES string of the molecule is Cc1ccccc1OCc1nc(SCC(=O)Nc2ccc(F)c(F)c2F)n[nH]1. The predicted molar refractivity (Wildman–Crippen MR) is 97.6 cm³/mol. The molecule has 0 bridgehead atoms. The van der Waals surface area contributed by atoms with Crippen LogP contribution in [0, 0.1) is 24.4 Å². The van der Waals surface area contributed by atoms with Gasteiger partial charge in [-0.3, -0.25) is 9.89 Å². The lowest BCUT2D eigenvalue weighted by molar-refractivity contribution is -0.113. The monoisotopic (exact) mass is 408 g/mol. The molecule has 0 aliphatic rings. The standard InChI is InChI=1S/C18H15F3N4O2S/c1-10-4-2-3-5-13(10)27-8-14-23-18(25-24-14)28-9-15(26)22-12-7-6-11(19)16(20)17(12)21/h2-7H,8-9H2,1H3,(H,22,26)(H,23,24,25). The summed E-state index contributed by atoms with van der Waals surface area (Å²) in [5.74, 6) is -3.99. The van der Waals surface area contributed by atoms with E-state index >= 15 is 0 Å². The molecular formula is C18H15F3N4O2S. The topological polar surface area (TPSA) is 79.9 Å². The van der Waals surface area contributed by atoms with Gasteiger partial charge in [0.25, 0.3) is 0 Å². The molecular weight excluding hydrogens is 393 g/mol. The number of ether oxygens (including phenoxy) is 1. The lowest BCUT2D eigenvalue weighted by atomic mass is 10.2. The van der Waals surface area contributed by atoms with E-state index in [9.17, 15) is 18.0 Å². The van der Waals surface area contributed by atoms with Crippen molar-refractivity contribution in [1.82, 2.24) is 15.2 Å². The van der Waals surface area contributed by atoms with E-state index in [0.717, 1.165) is 35.2 Å². The predicted octanol–water partition coefficient (Wildman–Crippen LogP) is 3.84. The maximum atomic E-state index is 13.6. The number of rotatable bonds is 7. The maximum Gasteiger partial charge on any atom is 0.234 e. The molecule has 0 aliphatic carbocycles. The summed E-state index contributed by atoms with van der Waals surface area (Å²) in [5, 5.41) is 9.13. The first-order chi connectivity index (χ1) is 13.4. The number of nitrogens with one attached hydrogen (secondary N) is 2. The van der Waals surface area contributed by atoms with Crippen molar-refractivity contribution in [3.8, 4) is 5.75 Å². The summed E-state index contributed by atoms with van der Waals surface area (Å²) in [6, 6.07) is 9.21. The van der Waals surface area contributed by atoms with Crippen LogP contribution in [0.4, 0.5) is 18.9 Å². The van der Waals surface area contributed by atoms with Gasteiger partial charge in [-0.25, -0.2) is 18.2 Å². The number of benzene rings is 2. The van der Waals surface area contributed by atoms with Crippen molar-refractivity contribution >= 4 is 23.4 Å². The van der Waals surface area contributed by atoms with Gasteiger partial charge in [0.15, 0.2) is 23.3 Å². The first-order valence-corrected chi connectivity index (χ1v) is 9.08. The average molecular weight is 408 g/mol. The lowest BCUT2D eigenvalue weighted by Crippen LogP contribution is -2.16. The Balaban J connectivity index is 1.51. The van der Waals surface area contributed by atoms with Gasteiger partial charge < -0.3 is 10.1 Å². The van der Waals surface area contributed by atoms with Crippen molar-refractivity contribution in [2.75, 3.05) is 11.1 Å². The molecule has 0 atom stereocenters. The zero-order valence-electron chi connectivity index (χ0n) is 14.6. The molecule has 10 heteroatoms. The number of thioether (sulfide) groups is 1. The fourth-order valence-corrected chi connectivity index (χ4v) is 2.83. The van der Waals surface area contributed by atoms with Gasteiger partial charge in [-0.05, 0) is 30.7 Å². The maximum absolute atomic E-state index is 13.6. The average Bonchev–Trinajstić information content (AvgIpc) is 3.14. The van der Waals surface area contributed by atoms with Crippen LogP contribution in [0.25, 0.3) is 0 Å². The van der Waals surface area contributed by atoms with Crippen molar-refractivity contribution in [2.24, 2.45) is 0 Å². The van der Waals surface area contributed by atoms with Crippen LogP contribution in [0.1, 0.15) is 11.4 Å². The van der Waals surface area contributed by atoms with Crippen LogP contribution in [0.2, 0.25) is 0 Å². The zero-order chi connectivity index (χ0) is 20.1. The van der Waals surface area contributed by atoms with Gasteiger partial charge in [-0.1, -0.05) is 30.0 Å². The third-order valence-corrected chi connectivity index (χ3v) is 4.46. The Labute approximate surface area is 162 Å². The van der Waals surface area contributed by atoms with Crippen LogP contribution in [-0.2, 0) is 11.4 Å². The van der Waals surface area contributed by atoms with Crippen molar-refractivity contribution in [2.45, 2.75) is 18.7 Å². The number of para-hydroxylation sites is 1. The number of halogens is 3. The number of H-pyrrole nitrogens is 1. The molecule has 0 fully saturated rings. The number of carbonyl (C=O) groups excluding carboxylic acids is 1. The first-order valence-electron chi connectivity index (χ1n) is 8.10. The van der Waals surface area contributed by atoms with Gasteiger partial charge in [-0.15, -0.1) is 5.10 Å². The number of aromatic nitrogens is 3. The summed E-state index contributed by atoms with van der Waals surface area (Å²) in [6.07, 6.45) is 0. The van der Waals surface area contributed by atoms with E-state index in [1.54, 1.807) is 0 Å². The molecule has 2 aromatic carbocycles. The number of aryl methyl sites for hydroxylation is 1. The normalized spacial score (nSPS) is 10.7. The molecule has 6 nitrogen and oxygen atoms in total. The number of amides is 1. The second-order valence-corrected chi connectivity index (χ2v) is 6.62. The van der Waals surface area contributed by atoms with Crippen molar-refractivity contribution in [1.29, 1.82) is 0 Å². The van der Waals surface area contributed by atoms with Gasteiger partial charge in [-0.2, -0.15) is 0 Å². The third kappa shape index (κ3) is 4.83. The Bertz CT molecular complexity index is 997. The number of carbonyl (C=O) groups is 1. The Kier molecular flexibility index (Phi) is 6.19. The molecule has 1 aromatic heterocycles. The van der Waals surface area contributed by atoms with Crippen LogP contribution in [0.3, 0.4) is 0 Å². The summed E-state index contributed by atoms with van der Waals surface area (Å²) in [7, 11) is 0. The Morgan fingerprint density at radius 2 is 1.96 bits per heavy atom. The molecule has 28 heavy (non-hydrogen) atoms. The Morgan fingerprint density at radius 1 is 1.18 bits per heavy atom. The van der Waals surface area contributed by atoms with Crippen molar-refractivity contribution in [3.63, 3.8) is 0 Å².